The van der Waals surface area contributed by atoms with Gasteiger partial charge in [-0.3, -0.25) is 4.79 Å². The van der Waals surface area contributed by atoms with Gasteiger partial charge in [-0.25, -0.2) is 0 Å². The van der Waals surface area contributed by atoms with E-state index >= 15 is 0 Å². The maximum Gasteiger partial charge on any atom is 0.253 e. The highest BCUT2D eigenvalue weighted by atomic mass is 16.2. The molecule has 1 aliphatic heterocycles. The van der Waals surface area contributed by atoms with Gasteiger partial charge in [0.25, 0.3) is 5.91 Å². The first-order valence-electron chi connectivity index (χ1n) is 9.03. The van der Waals surface area contributed by atoms with Gasteiger partial charge in [-0.1, -0.05) is 48.0 Å². The van der Waals surface area contributed by atoms with Crippen LogP contribution in [0.25, 0.3) is 11.4 Å². The number of carbonyl (C=O) groups is 1. The molecule has 1 aliphatic rings. The SMILES string of the molecule is Cc1ccc(C(=O)N2CCC(n3cnnc3-c3ccccc3)CC2)cc1. The van der Waals surface area contributed by atoms with Crippen molar-refractivity contribution in [1.29, 1.82) is 0 Å². The van der Waals surface area contributed by atoms with E-state index in [1.165, 1.54) is 5.56 Å². The summed E-state index contributed by atoms with van der Waals surface area (Å²) in [5.74, 6) is 1.02. The molecular weight excluding hydrogens is 324 g/mol. The molecule has 0 bridgehead atoms. The number of carbonyl (C=O) groups excluding carboxylic acids is 1. The second-order valence-electron chi connectivity index (χ2n) is 6.82. The van der Waals surface area contributed by atoms with Crippen molar-refractivity contribution < 1.29 is 4.79 Å². The zero-order valence-corrected chi connectivity index (χ0v) is 14.9. The van der Waals surface area contributed by atoms with Gasteiger partial charge in [-0.05, 0) is 31.9 Å². The summed E-state index contributed by atoms with van der Waals surface area (Å²) in [6.45, 7) is 3.54. The van der Waals surface area contributed by atoms with Gasteiger partial charge in [0.2, 0.25) is 0 Å². The van der Waals surface area contributed by atoms with Crippen LogP contribution >= 0.6 is 0 Å². The molecule has 0 unspecified atom stereocenters. The highest BCUT2D eigenvalue weighted by molar-refractivity contribution is 5.94. The monoisotopic (exact) mass is 346 g/mol. The number of benzene rings is 2. The number of piperidine rings is 1. The third-order valence-electron chi connectivity index (χ3n) is 5.05. The van der Waals surface area contributed by atoms with Gasteiger partial charge in [-0.15, -0.1) is 10.2 Å². The number of hydrogen-bond donors (Lipinski definition) is 0. The Bertz CT molecular complexity index is 878. The number of likely N-dealkylation sites (tertiary alicyclic amines) is 1. The van der Waals surface area contributed by atoms with E-state index in [1.807, 2.05) is 60.6 Å². The summed E-state index contributed by atoms with van der Waals surface area (Å²) in [5.41, 5.74) is 3.01. The van der Waals surface area contributed by atoms with Crippen LogP contribution in [0.3, 0.4) is 0 Å². The van der Waals surface area contributed by atoms with Gasteiger partial charge in [0.1, 0.15) is 6.33 Å². The van der Waals surface area contributed by atoms with E-state index in [4.69, 9.17) is 0 Å². The Morgan fingerprint density at radius 2 is 1.69 bits per heavy atom. The van der Waals surface area contributed by atoms with E-state index in [0.29, 0.717) is 6.04 Å². The molecule has 0 spiro atoms. The van der Waals surface area contributed by atoms with Crippen molar-refractivity contribution >= 4 is 5.91 Å². The van der Waals surface area contributed by atoms with Crippen molar-refractivity contribution in [3.8, 4) is 11.4 Å². The second kappa shape index (κ2) is 7.12. The molecule has 0 atom stereocenters. The van der Waals surface area contributed by atoms with Crippen LogP contribution < -0.4 is 0 Å². The van der Waals surface area contributed by atoms with E-state index in [1.54, 1.807) is 0 Å². The minimum absolute atomic E-state index is 0.121. The topological polar surface area (TPSA) is 51.0 Å². The van der Waals surface area contributed by atoms with Crippen molar-refractivity contribution in [2.75, 3.05) is 13.1 Å². The largest absolute Gasteiger partial charge is 0.338 e. The lowest BCUT2D eigenvalue weighted by molar-refractivity contribution is 0.0695. The molecule has 0 aliphatic carbocycles. The lowest BCUT2D eigenvalue weighted by Crippen LogP contribution is -2.39. The fourth-order valence-electron chi connectivity index (χ4n) is 3.53. The van der Waals surface area contributed by atoms with Crippen LogP contribution in [0, 0.1) is 6.92 Å². The molecule has 3 aromatic rings. The minimum atomic E-state index is 0.121. The van der Waals surface area contributed by atoms with Crippen LogP contribution in [0.15, 0.2) is 60.9 Å². The average Bonchev–Trinajstić information content (AvgIpc) is 3.19. The first-order valence-corrected chi connectivity index (χ1v) is 9.03. The molecule has 5 heteroatoms. The summed E-state index contributed by atoms with van der Waals surface area (Å²) in [4.78, 5) is 14.6. The minimum Gasteiger partial charge on any atom is -0.338 e. The van der Waals surface area contributed by atoms with Crippen LogP contribution in [0.1, 0.15) is 34.8 Å². The predicted octanol–water partition coefficient (Wildman–Crippen LogP) is 3.73. The van der Waals surface area contributed by atoms with Crippen molar-refractivity contribution in [1.82, 2.24) is 19.7 Å². The molecular formula is C21H22N4O. The smallest absolute Gasteiger partial charge is 0.253 e. The maximum atomic E-state index is 12.7. The molecule has 1 fully saturated rings. The molecule has 2 heterocycles. The number of hydrogen-bond acceptors (Lipinski definition) is 3. The normalized spacial score (nSPS) is 15.2. The van der Waals surface area contributed by atoms with Crippen LogP contribution in [0.4, 0.5) is 0 Å². The Hall–Kier alpha value is -2.95. The number of aryl methyl sites for hydroxylation is 1. The lowest BCUT2D eigenvalue weighted by Gasteiger charge is -2.33. The standard InChI is InChI=1S/C21H22N4O/c1-16-7-9-18(10-8-16)21(26)24-13-11-19(12-14-24)25-15-22-23-20(25)17-5-3-2-4-6-17/h2-10,15,19H,11-14H2,1H3. The Kier molecular flexibility index (Phi) is 4.52. The molecule has 1 saturated heterocycles. The Balaban J connectivity index is 1.45. The Labute approximate surface area is 153 Å². The predicted molar refractivity (Wildman–Crippen MR) is 101 cm³/mol. The van der Waals surface area contributed by atoms with E-state index < -0.39 is 0 Å². The number of aromatic nitrogens is 3. The summed E-state index contributed by atoms with van der Waals surface area (Å²) < 4.78 is 2.16. The lowest BCUT2D eigenvalue weighted by atomic mass is 10.0. The summed E-state index contributed by atoms with van der Waals surface area (Å²) in [6, 6.07) is 18.3. The summed E-state index contributed by atoms with van der Waals surface area (Å²) in [7, 11) is 0. The highest BCUT2D eigenvalue weighted by Crippen LogP contribution is 2.28. The molecule has 26 heavy (non-hydrogen) atoms. The van der Waals surface area contributed by atoms with Gasteiger partial charge in [0.05, 0.1) is 0 Å². The average molecular weight is 346 g/mol. The second-order valence-corrected chi connectivity index (χ2v) is 6.82. The van der Waals surface area contributed by atoms with Crippen molar-refractivity contribution in [3.05, 3.63) is 72.1 Å². The van der Waals surface area contributed by atoms with E-state index in [0.717, 1.165) is 42.9 Å². The van der Waals surface area contributed by atoms with Gasteiger partial charge < -0.3 is 9.47 Å². The van der Waals surface area contributed by atoms with Gasteiger partial charge in [-0.2, -0.15) is 0 Å². The van der Waals surface area contributed by atoms with Crippen LogP contribution in [-0.2, 0) is 0 Å². The summed E-state index contributed by atoms with van der Waals surface area (Å²) in [5, 5.41) is 8.42. The molecule has 132 valence electrons. The maximum absolute atomic E-state index is 12.7. The molecule has 0 radical (unpaired) electrons. The number of amides is 1. The Morgan fingerprint density at radius 3 is 2.38 bits per heavy atom. The van der Waals surface area contributed by atoms with Gasteiger partial charge >= 0.3 is 0 Å². The molecule has 2 aromatic carbocycles. The molecule has 0 saturated carbocycles. The number of nitrogens with zero attached hydrogens (tertiary/aromatic N) is 4. The first kappa shape index (κ1) is 16.5. The van der Waals surface area contributed by atoms with Crippen molar-refractivity contribution in [3.63, 3.8) is 0 Å². The fourth-order valence-corrected chi connectivity index (χ4v) is 3.53. The highest BCUT2D eigenvalue weighted by Gasteiger charge is 2.26. The van der Waals surface area contributed by atoms with Crippen LogP contribution in [0.5, 0.6) is 0 Å². The van der Waals surface area contributed by atoms with Crippen molar-refractivity contribution in [2.24, 2.45) is 0 Å². The molecule has 4 rings (SSSR count). The Morgan fingerprint density at radius 1 is 1.00 bits per heavy atom. The zero-order chi connectivity index (χ0) is 17.9. The zero-order valence-electron chi connectivity index (χ0n) is 14.9. The van der Waals surface area contributed by atoms with Gasteiger partial charge in [0.15, 0.2) is 5.82 Å². The van der Waals surface area contributed by atoms with Gasteiger partial charge in [0, 0.05) is 30.3 Å². The molecule has 1 amide bonds. The van der Waals surface area contributed by atoms with Crippen LogP contribution in [-0.4, -0.2) is 38.7 Å². The number of rotatable bonds is 3. The molecule has 1 aromatic heterocycles. The van der Waals surface area contributed by atoms with Crippen molar-refractivity contribution in [2.45, 2.75) is 25.8 Å². The third kappa shape index (κ3) is 3.25. The van der Waals surface area contributed by atoms with E-state index in [2.05, 4.69) is 26.9 Å². The quantitative estimate of drug-likeness (QED) is 0.726. The van der Waals surface area contributed by atoms with E-state index in [-0.39, 0.29) is 5.91 Å². The summed E-state index contributed by atoms with van der Waals surface area (Å²) >= 11 is 0. The first-order chi connectivity index (χ1) is 12.7. The fraction of sp³-hybridized carbons (Fsp3) is 0.286. The molecule has 0 N–H and O–H groups in total. The molecule has 5 nitrogen and oxygen atoms in total. The summed E-state index contributed by atoms with van der Waals surface area (Å²) in [6.07, 6.45) is 3.63. The third-order valence-corrected chi connectivity index (χ3v) is 5.05. The van der Waals surface area contributed by atoms with Crippen LogP contribution in [0.2, 0.25) is 0 Å². The van der Waals surface area contributed by atoms with E-state index in [9.17, 15) is 4.79 Å².